The normalized spacial score (nSPS) is 11.1. The number of rotatable bonds is 8. The van der Waals surface area contributed by atoms with Crippen LogP contribution in [0.4, 0.5) is 0 Å². The quantitative estimate of drug-likeness (QED) is 0.482. The van der Waals surface area contributed by atoms with E-state index in [-0.39, 0.29) is 30.5 Å². The molecule has 0 spiro atoms. The number of halogens is 1. The lowest BCUT2D eigenvalue weighted by Crippen LogP contribution is -2.43. The molecule has 1 aromatic heterocycles. The molecule has 0 saturated heterocycles. The first kappa shape index (κ1) is 22.8. The van der Waals surface area contributed by atoms with Gasteiger partial charge in [-0.3, -0.25) is 4.79 Å². The van der Waals surface area contributed by atoms with Crippen molar-refractivity contribution < 1.29 is 9.53 Å². The molecule has 0 fully saturated rings. The van der Waals surface area contributed by atoms with Crippen molar-refractivity contribution in [1.82, 2.24) is 15.6 Å². The lowest BCUT2D eigenvalue weighted by molar-refractivity contribution is -0.124. The Balaban J connectivity index is 0.00000300. The second-order valence-corrected chi connectivity index (χ2v) is 7.98. The number of amides is 1. The molecule has 0 bridgehead atoms. The first-order valence-corrected chi connectivity index (χ1v) is 9.70. The van der Waals surface area contributed by atoms with Gasteiger partial charge in [0.15, 0.2) is 6.61 Å². The fourth-order valence-electron chi connectivity index (χ4n) is 3.17. The first-order valence-electron chi connectivity index (χ1n) is 9.70. The van der Waals surface area contributed by atoms with Gasteiger partial charge in [-0.25, -0.2) is 0 Å². The monoisotopic (exact) mass is 415 g/mol. The Kier molecular flexibility index (Phi) is 8.11. The number of aromatic nitrogens is 1. The summed E-state index contributed by atoms with van der Waals surface area (Å²) in [7, 11) is 0. The Morgan fingerprint density at radius 1 is 1.03 bits per heavy atom. The van der Waals surface area contributed by atoms with Crippen LogP contribution in [0.2, 0.25) is 0 Å². The second kappa shape index (κ2) is 10.3. The van der Waals surface area contributed by atoms with Crippen LogP contribution in [0.15, 0.2) is 54.7 Å². The summed E-state index contributed by atoms with van der Waals surface area (Å²) >= 11 is 0. The molecule has 0 aliphatic heterocycles. The summed E-state index contributed by atoms with van der Waals surface area (Å²) in [5, 5.41) is 7.66. The van der Waals surface area contributed by atoms with Crippen LogP contribution in [0.25, 0.3) is 10.9 Å². The highest BCUT2D eigenvalue weighted by atomic mass is 35.5. The highest BCUT2D eigenvalue weighted by Crippen LogP contribution is 2.19. The molecule has 3 rings (SSSR count). The third-order valence-electron chi connectivity index (χ3n) is 4.41. The third-order valence-corrected chi connectivity index (χ3v) is 4.41. The van der Waals surface area contributed by atoms with Crippen LogP contribution in [0.1, 0.15) is 31.9 Å². The number of carbonyl (C=O) groups is 1. The predicted octanol–water partition coefficient (Wildman–Crippen LogP) is 4.22. The van der Waals surface area contributed by atoms with Crippen molar-refractivity contribution in [3.05, 3.63) is 65.9 Å². The van der Waals surface area contributed by atoms with E-state index in [0.717, 1.165) is 24.3 Å². The summed E-state index contributed by atoms with van der Waals surface area (Å²) < 4.78 is 5.75. The van der Waals surface area contributed by atoms with Gasteiger partial charge in [-0.2, -0.15) is 0 Å². The standard InChI is InChI=1S/C23H29N3O2.ClH/c1-23(2,3)26-22(27)16-28-21-11-7-4-8-18(21)14-24-13-12-17-15-25-20-10-6-5-9-19(17)20;/h4-11,15,24-25H,12-14,16H2,1-3H3,(H,26,27);1H. The van der Waals surface area contributed by atoms with Gasteiger partial charge < -0.3 is 20.4 Å². The van der Waals surface area contributed by atoms with Crippen LogP contribution in [0.3, 0.4) is 0 Å². The number of hydrogen-bond donors (Lipinski definition) is 3. The van der Waals surface area contributed by atoms with E-state index in [2.05, 4.69) is 40.0 Å². The number of para-hydroxylation sites is 2. The molecule has 3 N–H and O–H groups in total. The molecule has 29 heavy (non-hydrogen) atoms. The fourth-order valence-corrected chi connectivity index (χ4v) is 3.17. The lowest BCUT2D eigenvalue weighted by atomic mass is 10.1. The molecule has 156 valence electrons. The maximum atomic E-state index is 12.0. The van der Waals surface area contributed by atoms with Gasteiger partial charge in [-0.15, -0.1) is 12.4 Å². The topological polar surface area (TPSA) is 66.2 Å². The molecule has 6 heteroatoms. The minimum absolute atomic E-state index is 0. The van der Waals surface area contributed by atoms with Crippen LogP contribution in [-0.4, -0.2) is 29.6 Å². The highest BCUT2D eigenvalue weighted by molar-refractivity contribution is 5.85. The minimum atomic E-state index is -0.260. The van der Waals surface area contributed by atoms with Gasteiger partial charge in [-0.05, 0) is 51.4 Å². The van der Waals surface area contributed by atoms with Crippen molar-refractivity contribution in [2.24, 2.45) is 0 Å². The molecule has 2 aromatic carbocycles. The second-order valence-electron chi connectivity index (χ2n) is 7.98. The van der Waals surface area contributed by atoms with Gasteiger partial charge in [0.1, 0.15) is 5.75 Å². The van der Waals surface area contributed by atoms with Crippen molar-refractivity contribution in [2.75, 3.05) is 13.2 Å². The molecule has 0 atom stereocenters. The Bertz CT molecular complexity index is 931. The number of carbonyl (C=O) groups excluding carboxylic acids is 1. The van der Waals surface area contributed by atoms with Crippen molar-refractivity contribution >= 4 is 29.2 Å². The smallest absolute Gasteiger partial charge is 0.258 e. The van der Waals surface area contributed by atoms with E-state index in [0.29, 0.717) is 6.54 Å². The lowest BCUT2D eigenvalue weighted by Gasteiger charge is -2.20. The van der Waals surface area contributed by atoms with E-state index in [9.17, 15) is 4.79 Å². The van der Waals surface area contributed by atoms with E-state index in [1.54, 1.807) is 0 Å². The number of hydrogen-bond acceptors (Lipinski definition) is 3. The summed E-state index contributed by atoms with van der Waals surface area (Å²) in [4.78, 5) is 15.3. The summed E-state index contributed by atoms with van der Waals surface area (Å²) in [5.74, 6) is 0.626. The van der Waals surface area contributed by atoms with E-state index in [4.69, 9.17) is 4.74 Å². The Hall–Kier alpha value is -2.50. The van der Waals surface area contributed by atoms with Crippen LogP contribution < -0.4 is 15.4 Å². The Labute approximate surface area is 178 Å². The molecule has 0 aliphatic rings. The summed E-state index contributed by atoms with van der Waals surface area (Å²) in [6.45, 7) is 7.44. The number of H-pyrrole nitrogens is 1. The molecule has 1 heterocycles. The molecule has 3 aromatic rings. The maximum Gasteiger partial charge on any atom is 0.258 e. The van der Waals surface area contributed by atoms with Gasteiger partial charge in [0.05, 0.1) is 0 Å². The zero-order chi connectivity index (χ0) is 20.0. The van der Waals surface area contributed by atoms with Gasteiger partial charge >= 0.3 is 0 Å². The Morgan fingerprint density at radius 2 is 1.76 bits per heavy atom. The molecular formula is C23H30ClN3O2. The van der Waals surface area contributed by atoms with E-state index >= 15 is 0 Å². The van der Waals surface area contributed by atoms with Crippen molar-refractivity contribution in [1.29, 1.82) is 0 Å². The molecule has 0 radical (unpaired) electrons. The number of fused-ring (bicyclic) bond motifs is 1. The molecule has 1 amide bonds. The van der Waals surface area contributed by atoms with Gasteiger partial charge in [0.2, 0.25) is 0 Å². The van der Waals surface area contributed by atoms with Crippen molar-refractivity contribution in [3.63, 3.8) is 0 Å². The maximum absolute atomic E-state index is 12.0. The highest BCUT2D eigenvalue weighted by Gasteiger charge is 2.14. The van der Waals surface area contributed by atoms with Crippen LogP contribution >= 0.6 is 12.4 Å². The van der Waals surface area contributed by atoms with Gasteiger partial charge in [-0.1, -0.05) is 36.4 Å². The average Bonchev–Trinajstić information content (AvgIpc) is 3.06. The van der Waals surface area contributed by atoms with E-state index < -0.39 is 0 Å². The molecule has 5 nitrogen and oxygen atoms in total. The zero-order valence-corrected chi connectivity index (χ0v) is 18.1. The van der Waals surface area contributed by atoms with Gasteiger partial charge in [0, 0.05) is 34.7 Å². The number of nitrogens with one attached hydrogen (secondary N) is 3. The molecule has 0 saturated carbocycles. The van der Waals surface area contributed by atoms with Crippen molar-refractivity contribution in [2.45, 2.75) is 39.3 Å². The van der Waals surface area contributed by atoms with Crippen LogP contribution in [0.5, 0.6) is 5.75 Å². The van der Waals surface area contributed by atoms with Crippen LogP contribution in [0, 0.1) is 0 Å². The molecule has 0 unspecified atom stereocenters. The fraction of sp³-hybridized carbons (Fsp3) is 0.348. The van der Waals surface area contributed by atoms with Gasteiger partial charge in [0.25, 0.3) is 5.91 Å². The number of aromatic amines is 1. The first-order chi connectivity index (χ1) is 13.4. The van der Waals surface area contributed by atoms with E-state index in [1.807, 2.05) is 51.1 Å². The van der Waals surface area contributed by atoms with Crippen LogP contribution in [-0.2, 0) is 17.8 Å². The minimum Gasteiger partial charge on any atom is -0.483 e. The Morgan fingerprint density at radius 3 is 2.55 bits per heavy atom. The molecular weight excluding hydrogens is 386 g/mol. The number of ether oxygens (including phenoxy) is 1. The SMILES string of the molecule is CC(C)(C)NC(=O)COc1ccccc1CNCCc1c[nH]c2ccccc12.Cl. The average molecular weight is 416 g/mol. The van der Waals surface area contributed by atoms with Crippen molar-refractivity contribution in [3.8, 4) is 5.75 Å². The zero-order valence-electron chi connectivity index (χ0n) is 17.2. The van der Waals surface area contributed by atoms with E-state index in [1.165, 1.54) is 16.5 Å². The largest absolute Gasteiger partial charge is 0.483 e. The third kappa shape index (κ3) is 6.80. The summed E-state index contributed by atoms with van der Waals surface area (Å²) in [6.07, 6.45) is 3.03. The predicted molar refractivity (Wildman–Crippen MR) is 121 cm³/mol. The number of benzene rings is 2. The summed E-state index contributed by atoms with van der Waals surface area (Å²) in [5.41, 5.74) is 3.27. The molecule has 0 aliphatic carbocycles. The summed E-state index contributed by atoms with van der Waals surface area (Å²) in [6, 6.07) is 16.2.